The smallest absolute Gasteiger partial charge is 0.465 e. The monoisotopic (exact) mass is 811 g/mol. The molecule has 0 spiro atoms. The quantitative estimate of drug-likeness (QED) is 0.0379. The van der Waals surface area contributed by atoms with Crippen LogP contribution in [0.1, 0.15) is 150 Å². The molecule has 3 aromatic rings. The maximum absolute atomic E-state index is 13.7. The second-order valence-corrected chi connectivity index (χ2v) is 18.2. The molecule has 1 aliphatic heterocycles. The Kier molecular flexibility index (Phi) is 19.3. The largest absolute Gasteiger partial charge is 0.494 e. The van der Waals surface area contributed by atoms with Gasteiger partial charge in [0, 0.05) is 5.25 Å². The predicted octanol–water partition coefficient (Wildman–Crippen LogP) is 11.5. The van der Waals surface area contributed by atoms with Crippen LogP contribution in [0, 0.1) is 22.2 Å². The van der Waals surface area contributed by atoms with E-state index in [2.05, 4.69) is 19.9 Å². The van der Waals surface area contributed by atoms with E-state index in [1.165, 1.54) is 56.7 Å². The third-order valence-corrected chi connectivity index (χ3v) is 12.2. The first-order chi connectivity index (χ1) is 27.5. The highest BCUT2D eigenvalue weighted by Crippen LogP contribution is 2.47. The van der Waals surface area contributed by atoms with Crippen LogP contribution >= 0.6 is 24.0 Å². The first kappa shape index (κ1) is 46.2. The van der Waals surface area contributed by atoms with Gasteiger partial charge in [-0.15, -0.1) is 11.8 Å². The van der Waals surface area contributed by atoms with Gasteiger partial charge in [0.05, 0.1) is 46.0 Å². The summed E-state index contributed by atoms with van der Waals surface area (Å²) < 4.78 is 24.4. The number of hydrogen-bond donors (Lipinski definition) is 0. The predicted molar refractivity (Wildman–Crippen MR) is 237 cm³/mol. The Labute approximate surface area is 352 Å². The summed E-state index contributed by atoms with van der Waals surface area (Å²) in [7, 11) is -0.418. The molecular formula is C47H62BNO6S2. The minimum atomic E-state index is -0.939. The molecule has 3 atom stereocenters. The van der Waals surface area contributed by atoms with Gasteiger partial charge in [0.15, 0.2) is 0 Å². The number of nitrogens with zero attached hydrogens (tertiary/aromatic N) is 1. The van der Waals surface area contributed by atoms with Gasteiger partial charge in [-0.05, 0) is 80.7 Å². The van der Waals surface area contributed by atoms with Crippen LogP contribution in [-0.2, 0) is 30.2 Å². The highest BCUT2D eigenvalue weighted by molar-refractivity contribution is 8.23. The van der Waals surface area contributed by atoms with Crippen LogP contribution in [0.25, 0.3) is 0 Å². The van der Waals surface area contributed by atoms with Crippen LogP contribution in [0.5, 0.6) is 0 Å². The van der Waals surface area contributed by atoms with Gasteiger partial charge in [0.2, 0.25) is 0 Å². The molecule has 0 N–H and O–H groups in total. The van der Waals surface area contributed by atoms with Crippen molar-refractivity contribution in [1.29, 1.82) is 5.26 Å². The van der Waals surface area contributed by atoms with E-state index in [4.69, 9.17) is 31.0 Å². The second-order valence-electron chi connectivity index (χ2n) is 16.3. The maximum atomic E-state index is 13.7. The summed E-state index contributed by atoms with van der Waals surface area (Å²) in [6.07, 6.45) is 13.9. The minimum absolute atomic E-state index is 0.104. The van der Waals surface area contributed by atoms with Crippen LogP contribution < -0.4 is 5.46 Å². The van der Waals surface area contributed by atoms with Gasteiger partial charge in [-0.3, -0.25) is 4.79 Å². The normalized spacial score (nSPS) is 15.7. The zero-order valence-electron chi connectivity index (χ0n) is 34.8. The van der Waals surface area contributed by atoms with Crippen molar-refractivity contribution in [3.63, 3.8) is 0 Å². The molecule has 306 valence electrons. The van der Waals surface area contributed by atoms with E-state index in [1.807, 2.05) is 87.5 Å². The van der Waals surface area contributed by atoms with E-state index in [0.29, 0.717) is 31.6 Å². The average molecular weight is 812 g/mol. The molecule has 10 heteroatoms. The molecule has 57 heavy (non-hydrogen) atoms. The SMILES string of the molecule is CCCCCCCCCCC1COB(c2ccc(C(=O)OCc3ccc(C(CC(C)(CC(C)(C)C#N)C(=O)OCCCC)SC(=S)c4ccccc4)cc3)cc2)O1. The van der Waals surface area contributed by atoms with Crippen LogP contribution in [0.2, 0.25) is 0 Å². The molecule has 1 heterocycles. The van der Waals surface area contributed by atoms with Gasteiger partial charge in [-0.2, -0.15) is 5.26 Å². The molecular weight excluding hydrogens is 749 g/mol. The molecule has 0 saturated carbocycles. The number of thioether (sulfide) groups is 1. The number of carbonyl (C=O) groups excluding carboxylic acids is 2. The zero-order valence-corrected chi connectivity index (χ0v) is 36.4. The number of unbranched alkanes of at least 4 members (excludes halogenated alkanes) is 8. The van der Waals surface area contributed by atoms with Crippen molar-refractivity contribution >= 4 is 52.7 Å². The Morgan fingerprint density at radius 3 is 2.16 bits per heavy atom. The van der Waals surface area contributed by atoms with Crippen LogP contribution in [-0.4, -0.2) is 42.6 Å². The number of nitriles is 1. The Hall–Kier alpha value is -3.49. The number of rotatable bonds is 24. The summed E-state index contributed by atoms with van der Waals surface area (Å²) in [6, 6.07) is 27.4. The standard InChI is InChI=1S/C47H62BNO6S2/c1-6-8-10-11-12-13-14-18-21-41-33-54-48(55-41)40-28-26-38(27-29-40)43(50)53-32-36-22-24-37(25-23-36)42(57-44(56)39-19-16-15-17-20-39)31-47(5,34-46(3,4)35-49)45(51)52-30-9-7-2/h15-17,19-20,22-29,41-42H,6-14,18,21,30-34H2,1-5H3. The Bertz CT molecular complexity index is 1730. The van der Waals surface area contributed by atoms with Crippen LogP contribution in [0.3, 0.4) is 0 Å². The number of esters is 2. The van der Waals surface area contributed by atoms with Gasteiger partial charge in [0.1, 0.15) is 6.61 Å². The number of hydrogen-bond acceptors (Lipinski definition) is 9. The van der Waals surface area contributed by atoms with Crippen molar-refractivity contribution in [3.8, 4) is 6.07 Å². The lowest BCUT2D eigenvalue weighted by Crippen LogP contribution is -2.36. The average Bonchev–Trinajstić information content (AvgIpc) is 3.70. The molecule has 0 bridgehead atoms. The van der Waals surface area contributed by atoms with E-state index < -0.39 is 23.9 Å². The first-order valence-electron chi connectivity index (χ1n) is 20.9. The highest BCUT2D eigenvalue weighted by atomic mass is 32.2. The fourth-order valence-corrected chi connectivity index (χ4v) is 9.01. The molecule has 7 nitrogen and oxygen atoms in total. The van der Waals surface area contributed by atoms with Gasteiger partial charge >= 0.3 is 19.1 Å². The molecule has 3 unspecified atom stereocenters. The van der Waals surface area contributed by atoms with E-state index in [9.17, 15) is 14.9 Å². The highest BCUT2D eigenvalue weighted by Gasteiger charge is 2.43. The lowest BCUT2D eigenvalue weighted by Gasteiger charge is -2.35. The van der Waals surface area contributed by atoms with E-state index in [1.54, 1.807) is 12.1 Å². The lowest BCUT2D eigenvalue weighted by atomic mass is 9.71. The molecule has 0 aliphatic carbocycles. The van der Waals surface area contributed by atoms with Gasteiger partial charge in [-0.1, -0.05) is 151 Å². The summed E-state index contributed by atoms with van der Waals surface area (Å²) in [6.45, 7) is 11.0. The fourth-order valence-electron chi connectivity index (χ4n) is 7.25. The third-order valence-electron chi connectivity index (χ3n) is 10.5. The second kappa shape index (κ2) is 23.8. The van der Waals surface area contributed by atoms with Crippen molar-refractivity contribution in [3.05, 3.63) is 101 Å². The summed E-state index contributed by atoms with van der Waals surface area (Å²) in [5.41, 5.74) is 2.41. The third kappa shape index (κ3) is 15.3. The van der Waals surface area contributed by atoms with Gasteiger partial charge < -0.3 is 18.8 Å². The summed E-state index contributed by atoms with van der Waals surface area (Å²) in [5, 5.41) is 9.73. The molecule has 0 aromatic heterocycles. The molecule has 1 fully saturated rings. The Morgan fingerprint density at radius 2 is 1.51 bits per heavy atom. The van der Waals surface area contributed by atoms with E-state index in [-0.39, 0.29) is 23.9 Å². The number of thiocarbonyl (C=S) groups is 1. The molecule has 1 saturated heterocycles. The van der Waals surface area contributed by atoms with Crippen LogP contribution in [0.4, 0.5) is 0 Å². The maximum Gasteiger partial charge on any atom is 0.494 e. The molecule has 1 aliphatic rings. The summed E-state index contributed by atoms with van der Waals surface area (Å²) in [5.74, 6) is -0.709. The number of carbonyl (C=O) groups is 2. The Morgan fingerprint density at radius 1 is 0.860 bits per heavy atom. The number of ether oxygens (including phenoxy) is 2. The molecule has 0 radical (unpaired) electrons. The van der Waals surface area contributed by atoms with Gasteiger partial charge in [-0.25, -0.2) is 4.79 Å². The van der Waals surface area contributed by atoms with Crippen molar-refractivity contribution < 1.29 is 28.4 Å². The molecule has 0 amide bonds. The number of benzene rings is 3. The van der Waals surface area contributed by atoms with E-state index >= 15 is 0 Å². The Balaban J connectivity index is 1.36. The fraction of sp³-hybridized carbons (Fsp3) is 0.532. The molecule has 4 rings (SSSR count). The van der Waals surface area contributed by atoms with Crippen molar-refractivity contribution in [2.75, 3.05) is 13.2 Å². The summed E-state index contributed by atoms with van der Waals surface area (Å²) in [4.78, 5) is 26.8. The summed E-state index contributed by atoms with van der Waals surface area (Å²) >= 11 is 7.45. The van der Waals surface area contributed by atoms with Gasteiger partial charge in [0.25, 0.3) is 0 Å². The van der Waals surface area contributed by atoms with Crippen LogP contribution in [0.15, 0.2) is 78.9 Å². The van der Waals surface area contributed by atoms with Crippen molar-refractivity contribution in [1.82, 2.24) is 0 Å². The first-order valence-corrected chi connectivity index (χ1v) is 22.2. The van der Waals surface area contributed by atoms with E-state index in [0.717, 1.165) is 52.0 Å². The van der Waals surface area contributed by atoms with Crippen molar-refractivity contribution in [2.24, 2.45) is 10.8 Å². The minimum Gasteiger partial charge on any atom is -0.465 e. The zero-order chi connectivity index (χ0) is 41.1. The van der Waals surface area contributed by atoms with Crippen molar-refractivity contribution in [2.45, 2.75) is 136 Å². The lowest BCUT2D eigenvalue weighted by molar-refractivity contribution is -0.157. The molecule has 3 aromatic carbocycles. The topological polar surface area (TPSA) is 94.9 Å².